The molecule has 29 heavy (non-hydrogen) atoms. The Bertz CT molecular complexity index is 930. The van der Waals surface area contributed by atoms with Gasteiger partial charge in [0.25, 0.3) is 5.91 Å². The second-order valence-electron chi connectivity index (χ2n) is 5.95. The van der Waals surface area contributed by atoms with Crippen LogP contribution in [0.1, 0.15) is 10.4 Å². The van der Waals surface area contributed by atoms with E-state index in [1.165, 1.54) is 31.3 Å². The van der Waals surface area contributed by atoms with E-state index in [9.17, 15) is 30.8 Å². The molecule has 1 N–H and O–H groups in total. The fourth-order valence-corrected chi connectivity index (χ4v) is 3.34. The van der Waals surface area contributed by atoms with E-state index in [0.29, 0.717) is 5.75 Å². The highest BCUT2D eigenvalue weighted by Crippen LogP contribution is 2.17. The van der Waals surface area contributed by atoms with E-state index in [-0.39, 0.29) is 23.6 Å². The molecule has 158 valence electrons. The molecule has 0 aliphatic carbocycles. The van der Waals surface area contributed by atoms with Gasteiger partial charge in [-0.05, 0) is 48.5 Å². The number of benzene rings is 2. The minimum absolute atomic E-state index is 0.00642. The van der Waals surface area contributed by atoms with Crippen molar-refractivity contribution in [1.82, 2.24) is 9.62 Å². The molecule has 0 bridgehead atoms. The summed E-state index contributed by atoms with van der Waals surface area (Å²) in [5, 5.41) is 1.70. The molecule has 0 radical (unpaired) electrons. The average Bonchev–Trinajstić information content (AvgIpc) is 2.67. The van der Waals surface area contributed by atoms with Crippen LogP contribution in [0.15, 0.2) is 53.4 Å². The first-order valence-corrected chi connectivity index (χ1v) is 9.73. The van der Waals surface area contributed by atoms with E-state index in [0.717, 1.165) is 28.6 Å². The summed E-state index contributed by atoms with van der Waals surface area (Å²) in [6.07, 6.45) is -4.54. The van der Waals surface area contributed by atoms with Crippen molar-refractivity contribution in [3.05, 3.63) is 59.9 Å². The van der Waals surface area contributed by atoms with Gasteiger partial charge < -0.3 is 10.1 Å². The molecule has 11 heteroatoms. The highest BCUT2D eigenvalue weighted by Gasteiger charge is 2.28. The molecule has 0 spiro atoms. The van der Waals surface area contributed by atoms with Crippen LogP contribution in [0.25, 0.3) is 0 Å². The van der Waals surface area contributed by atoms with Crippen molar-refractivity contribution in [3.63, 3.8) is 0 Å². The smallest absolute Gasteiger partial charge is 0.405 e. The van der Waals surface area contributed by atoms with Crippen molar-refractivity contribution >= 4 is 15.9 Å². The minimum atomic E-state index is -4.54. The highest BCUT2D eigenvalue weighted by molar-refractivity contribution is 7.89. The molecule has 0 atom stereocenters. The topological polar surface area (TPSA) is 75.7 Å². The summed E-state index contributed by atoms with van der Waals surface area (Å²) >= 11 is 0. The molecule has 2 aromatic carbocycles. The number of halogens is 4. The monoisotopic (exact) mass is 434 g/mol. The summed E-state index contributed by atoms with van der Waals surface area (Å²) in [6.45, 7) is -1.48. The third-order valence-corrected chi connectivity index (χ3v) is 5.63. The largest absolute Gasteiger partial charge is 0.492 e. The number of ether oxygens (including phenoxy) is 1. The number of likely N-dealkylation sites (N-methyl/N-ethyl adjacent to an activating group) is 1. The number of amides is 1. The van der Waals surface area contributed by atoms with E-state index in [2.05, 4.69) is 0 Å². The van der Waals surface area contributed by atoms with Crippen LogP contribution in [0.3, 0.4) is 0 Å². The molecule has 6 nitrogen and oxygen atoms in total. The van der Waals surface area contributed by atoms with E-state index in [1.54, 1.807) is 5.32 Å². The summed E-state index contributed by atoms with van der Waals surface area (Å²) in [5.74, 6) is -1.01. The summed E-state index contributed by atoms with van der Waals surface area (Å²) in [4.78, 5) is 11.5. The van der Waals surface area contributed by atoms with Crippen LogP contribution in [0.5, 0.6) is 5.75 Å². The zero-order valence-corrected chi connectivity index (χ0v) is 16.1. The number of rotatable bonds is 8. The Morgan fingerprint density at radius 2 is 1.66 bits per heavy atom. The van der Waals surface area contributed by atoms with Crippen LogP contribution in [0.2, 0.25) is 0 Å². The number of carbonyl (C=O) groups excluding carboxylic acids is 1. The number of carbonyl (C=O) groups is 1. The summed E-state index contributed by atoms with van der Waals surface area (Å²) in [6, 6.07) is 9.76. The van der Waals surface area contributed by atoms with Crippen LogP contribution in [-0.4, -0.2) is 51.6 Å². The van der Waals surface area contributed by atoms with Crippen LogP contribution in [0, 0.1) is 5.82 Å². The minimum Gasteiger partial charge on any atom is -0.492 e. The molecule has 0 aliphatic heterocycles. The van der Waals surface area contributed by atoms with Crippen LogP contribution in [0.4, 0.5) is 17.6 Å². The Balaban J connectivity index is 1.95. The number of nitrogens with zero attached hydrogens (tertiary/aromatic N) is 1. The van der Waals surface area contributed by atoms with Gasteiger partial charge in [-0.1, -0.05) is 0 Å². The first-order chi connectivity index (χ1) is 13.5. The lowest BCUT2D eigenvalue weighted by Gasteiger charge is -2.17. The Morgan fingerprint density at radius 3 is 2.21 bits per heavy atom. The number of nitrogens with one attached hydrogen (secondary N) is 1. The Hall–Kier alpha value is -2.66. The third-order valence-electron chi connectivity index (χ3n) is 3.76. The molecule has 2 rings (SSSR count). The van der Waals surface area contributed by atoms with Gasteiger partial charge in [-0.25, -0.2) is 12.8 Å². The molecular weight excluding hydrogens is 416 g/mol. The van der Waals surface area contributed by atoms with Crippen LogP contribution in [-0.2, 0) is 10.0 Å². The van der Waals surface area contributed by atoms with Gasteiger partial charge >= 0.3 is 6.18 Å². The van der Waals surface area contributed by atoms with Crippen molar-refractivity contribution in [2.24, 2.45) is 0 Å². The number of alkyl halides is 3. The maximum absolute atomic E-state index is 12.8. The normalized spacial score (nSPS) is 12.1. The lowest BCUT2D eigenvalue weighted by molar-refractivity contribution is -0.123. The zero-order chi connectivity index (χ0) is 21.7. The highest BCUT2D eigenvalue weighted by atomic mass is 32.2. The van der Waals surface area contributed by atoms with E-state index in [1.807, 2.05) is 0 Å². The molecule has 0 unspecified atom stereocenters. The van der Waals surface area contributed by atoms with Gasteiger partial charge in [-0.3, -0.25) is 4.79 Å². The molecule has 0 aromatic heterocycles. The van der Waals surface area contributed by atoms with E-state index >= 15 is 0 Å². The Morgan fingerprint density at radius 1 is 1.07 bits per heavy atom. The van der Waals surface area contributed by atoms with Crippen LogP contribution < -0.4 is 10.1 Å². The Labute approximate surface area is 165 Å². The third kappa shape index (κ3) is 6.71. The van der Waals surface area contributed by atoms with Crippen molar-refractivity contribution in [2.75, 3.05) is 26.7 Å². The van der Waals surface area contributed by atoms with Gasteiger partial charge in [-0.2, -0.15) is 17.5 Å². The summed E-state index contributed by atoms with van der Waals surface area (Å²) in [5.41, 5.74) is -0.101. The second kappa shape index (κ2) is 9.23. The first-order valence-electron chi connectivity index (χ1n) is 8.29. The summed E-state index contributed by atoms with van der Waals surface area (Å²) < 4.78 is 80.7. The second-order valence-corrected chi connectivity index (χ2v) is 8.00. The lowest BCUT2D eigenvalue weighted by Crippen LogP contribution is -2.33. The van der Waals surface area contributed by atoms with Gasteiger partial charge in [0.15, 0.2) is 0 Å². The van der Waals surface area contributed by atoms with Gasteiger partial charge in [0.1, 0.15) is 24.7 Å². The fraction of sp³-hybridized carbons (Fsp3) is 0.278. The lowest BCUT2D eigenvalue weighted by atomic mass is 10.2. The van der Waals surface area contributed by atoms with E-state index < -0.39 is 34.5 Å². The molecule has 0 heterocycles. The number of hydrogen-bond acceptors (Lipinski definition) is 4. The quantitative estimate of drug-likeness (QED) is 0.649. The predicted molar refractivity (Wildman–Crippen MR) is 96.5 cm³/mol. The molecule has 0 aliphatic rings. The molecule has 0 fully saturated rings. The molecule has 0 saturated carbocycles. The fourth-order valence-electron chi connectivity index (χ4n) is 2.18. The maximum atomic E-state index is 12.8. The van der Waals surface area contributed by atoms with Crippen molar-refractivity contribution < 1.29 is 35.5 Å². The first kappa shape index (κ1) is 22.6. The van der Waals surface area contributed by atoms with Gasteiger partial charge in [0.05, 0.1) is 4.90 Å². The molecular formula is C18H18F4N2O4S. The maximum Gasteiger partial charge on any atom is 0.405 e. The predicted octanol–water partition coefficient (Wildman–Crippen LogP) is 2.82. The molecule has 2 aromatic rings. The van der Waals surface area contributed by atoms with E-state index in [4.69, 9.17) is 4.74 Å². The SMILES string of the molecule is CN(CCOc1ccc(F)cc1)S(=O)(=O)c1ccc(C(=O)NCC(F)(F)F)cc1. The molecule has 0 saturated heterocycles. The average molecular weight is 434 g/mol. The van der Waals surface area contributed by atoms with Gasteiger partial charge in [0.2, 0.25) is 10.0 Å². The Kier molecular flexibility index (Phi) is 7.20. The van der Waals surface area contributed by atoms with Crippen LogP contribution >= 0.6 is 0 Å². The van der Waals surface area contributed by atoms with Crippen molar-refractivity contribution in [1.29, 1.82) is 0 Å². The number of hydrogen-bond donors (Lipinski definition) is 1. The summed E-state index contributed by atoms with van der Waals surface area (Å²) in [7, 11) is -2.57. The van der Waals surface area contributed by atoms with Crippen molar-refractivity contribution in [2.45, 2.75) is 11.1 Å². The van der Waals surface area contributed by atoms with Gasteiger partial charge in [-0.15, -0.1) is 0 Å². The molecule has 1 amide bonds. The zero-order valence-electron chi connectivity index (χ0n) is 15.2. The number of sulfonamides is 1. The van der Waals surface area contributed by atoms with Crippen molar-refractivity contribution in [3.8, 4) is 5.75 Å². The van der Waals surface area contributed by atoms with Gasteiger partial charge in [0, 0.05) is 19.2 Å². The standard InChI is InChI=1S/C18H18F4N2O4S/c1-24(10-11-28-15-6-4-14(19)5-7-15)29(26,27)16-8-2-13(3-9-16)17(25)23-12-18(20,21)22/h2-9H,10-12H2,1H3,(H,23,25).